The molecule has 1 heterocycles. The highest BCUT2D eigenvalue weighted by atomic mass is 32.1. The summed E-state index contributed by atoms with van der Waals surface area (Å²) in [5.74, 6) is -0.0998. The lowest BCUT2D eigenvalue weighted by Crippen LogP contribution is -1.94. The zero-order valence-electron chi connectivity index (χ0n) is 9.44. The van der Waals surface area contributed by atoms with Gasteiger partial charge in [0.15, 0.2) is 11.6 Å². The Morgan fingerprint density at radius 1 is 1.41 bits per heavy atom. The Balaban J connectivity index is 2.30. The lowest BCUT2D eigenvalue weighted by molar-refractivity contribution is 0.321. The number of rotatable bonds is 4. The molecule has 0 amide bonds. The first-order chi connectivity index (χ1) is 8.24. The van der Waals surface area contributed by atoms with E-state index in [4.69, 9.17) is 10.5 Å². The van der Waals surface area contributed by atoms with Crippen LogP contribution in [0.2, 0.25) is 0 Å². The van der Waals surface area contributed by atoms with Gasteiger partial charge in [-0.2, -0.15) is 4.37 Å². The lowest BCUT2D eigenvalue weighted by atomic mass is 10.1. The van der Waals surface area contributed by atoms with Gasteiger partial charge in [-0.3, -0.25) is 0 Å². The molecule has 1 aromatic heterocycles. The van der Waals surface area contributed by atoms with Crippen LogP contribution in [-0.2, 0) is 6.54 Å². The van der Waals surface area contributed by atoms with Gasteiger partial charge in [0.2, 0.25) is 0 Å². The quantitative estimate of drug-likeness (QED) is 0.910. The van der Waals surface area contributed by atoms with E-state index in [1.165, 1.54) is 17.6 Å². The Labute approximate surface area is 103 Å². The summed E-state index contributed by atoms with van der Waals surface area (Å²) in [7, 11) is 0. The molecule has 0 aliphatic heterocycles. The first kappa shape index (κ1) is 12.0. The van der Waals surface area contributed by atoms with E-state index in [1.807, 2.05) is 13.0 Å². The molecule has 0 radical (unpaired) electrons. The SMILES string of the molecule is CCOc1ccc(-c2cc(CN)sn2)cc1F. The van der Waals surface area contributed by atoms with Crippen molar-refractivity contribution in [3.63, 3.8) is 0 Å². The third-order valence-corrected chi connectivity index (χ3v) is 3.09. The molecule has 0 unspecified atom stereocenters. The summed E-state index contributed by atoms with van der Waals surface area (Å²) in [4.78, 5) is 0.981. The molecule has 2 aromatic rings. The number of ether oxygens (including phenoxy) is 1. The van der Waals surface area contributed by atoms with Crippen LogP contribution in [0.5, 0.6) is 5.75 Å². The van der Waals surface area contributed by atoms with Crippen LogP contribution in [0.15, 0.2) is 24.3 Å². The molecule has 0 aliphatic carbocycles. The molecule has 1 aromatic carbocycles. The molecular weight excluding hydrogens is 239 g/mol. The second-order valence-corrected chi connectivity index (χ2v) is 4.35. The Morgan fingerprint density at radius 2 is 2.24 bits per heavy atom. The maximum atomic E-state index is 13.6. The van der Waals surface area contributed by atoms with Crippen molar-refractivity contribution in [2.45, 2.75) is 13.5 Å². The van der Waals surface area contributed by atoms with E-state index in [-0.39, 0.29) is 11.6 Å². The van der Waals surface area contributed by atoms with Crippen molar-refractivity contribution in [2.75, 3.05) is 6.61 Å². The van der Waals surface area contributed by atoms with Gasteiger partial charge in [0.1, 0.15) is 0 Å². The number of benzene rings is 1. The molecule has 0 bridgehead atoms. The van der Waals surface area contributed by atoms with Gasteiger partial charge in [0.25, 0.3) is 0 Å². The van der Waals surface area contributed by atoms with Crippen LogP contribution in [0.3, 0.4) is 0 Å². The molecule has 2 N–H and O–H groups in total. The highest BCUT2D eigenvalue weighted by molar-refractivity contribution is 7.06. The lowest BCUT2D eigenvalue weighted by Gasteiger charge is -2.05. The average molecular weight is 252 g/mol. The minimum Gasteiger partial charge on any atom is -0.491 e. The number of nitrogens with two attached hydrogens (primary N) is 1. The van der Waals surface area contributed by atoms with Crippen molar-refractivity contribution < 1.29 is 9.13 Å². The Bertz CT molecular complexity index is 513. The molecule has 0 spiro atoms. The number of halogens is 1. The normalized spacial score (nSPS) is 10.5. The smallest absolute Gasteiger partial charge is 0.165 e. The fourth-order valence-electron chi connectivity index (χ4n) is 1.48. The van der Waals surface area contributed by atoms with Crippen molar-refractivity contribution in [1.29, 1.82) is 0 Å². The van der Waals surface area contributed by atoms with E-state index in [9.17, 15) is 4.39 Å². The van der Waals surface area contributed by atoms with Crippen molar-refractivity contribution in [3.8, 4) is 17.0 Å². The molecule has 0 saturated heterocycles. The summed E-state index contributed by atoms with van der Waals surface area (Å²) in [6.45, 7) is 2.72. The Kier molecular flexibility index (Phi) is 3.71. The van der Waals surface area contributed by atoms with Gasteiger partial charge in [0, 0.05) is 17.0 Å². The predicted octanol–water partition coefficient (Wildman–Crippen LogP) is 2.81. The molecule has 0 atom stereocenters. The summed E-state index contributed by atoms with van der Waals surface area (Å²) in [6, 6.07) is 6.72. The molecule has 0 aliphatic rings. The van der Waals surface area contributed by atoms with E-state index < -0.39 is 0 Å². The third-order valence-electron chi connectivity index (χ3n) is 2.29. The van der Waals surface area contributed by atoms with Crippen molar-refractivity contribution in [3.05, 3.63) is 35.0 Å². The van der Waals surface area contributed by atoms with Crippen molar-refractivity contribution in [1.82, 2.24) is 4.37 Å². The number of hydrogen-bond acceptors (Lipinski definition) is 4. The maximum Gasteiger partial charge on any atom is 0.165 e. The van der Waals surface area contributed by atoms with Crippen LogP contribution in [-0.4, -0.2) is 11.0 Å². The van der Waals surface area contributed by atoms with Gasteiger partial charge in [-0.05, 0) is 42.7 Å². The fourth-order valence-corrected chi connectivity index (χ4v) is 2.09. The van der Waals surface area contributed by atoms with Gasteiger partial charge in [-0.15, -0.1) is 0 Å². The minimum atomic E-state index is -0.369. The van der Waals surface area contributed by atoms with Crippen LogP contribution in [0.25, 0.3) is 11.3 Å². The van der Waals surface area contributed by atoms with Crippen LogP contribution in [0.4, 0.5) is 4.39 Å². The molecule has 0 fully saturated rings. The Morgan fingerprint density at radius 3 is 2.82 bits per heavy atom. The summed E-state index contributed by atoms with van der Waals surface area (Å²) < 4.78 is 23.0. The molecule has 3 nitrogen and oxygen atoms in total. The first-order valence-electron chi connectivity index (χ1n) is 5.33. The van der Waals surface area contributed by atoms with Gasteiger partial charge < -0.3 is 10.5 Å². The fraction of sp³-hybridized carbons (Fsp3) is 0.250. The van der Waals surface area contributed by atoms with E-state index in [1.54, 1.807) is 12.1 Å². The van der Waals surface area contributed by atoms with Crippen molar-refractivity contribution >= 4 is 11.5 Å². The largest absolute Gasteiger partial charge is 0.491 e. The minimum absolute atomic E-state index is 0.269. The molecule has 5 heteroatoms. The molecule has 2 rings (SSSR count). The average Bonchev–Trinajstić information content (AvgIpc) is 2.80. The Hall–Kier alpha value is -1.46. The molecular formula is C12H13FN2OS. The van der Waals surface area contributed by atoms with Gasteiger partial charge in [-0.25, -0.2) is 4.39 Å². The van der Waals surface area contributed by atoms with E-state index in [0.29, 0.717) is 13.2 Å². The zero-order chi connectivity index (χ0) is 12.3. The standard InChI is InChI=1S/C12H13FN2OS/c1-2-16-12-4-3-8(5-10(12)13)11-6-9(7-14)17-15-11/h3-6H,2,7,14H2,1H3. The number of hydrogen-bond donors (Lipinski definition) is 1. The van der Waals surface area contributed by atoms with Gasteiger partial charge in [-0.1, -0.05) is 0 Å². The second-order valence-electron chi connectivity index (χ2n) is 3.46. The highest BCUT2D eigenvalue weighted by Crippen LogP contribution is 2.26. The summed E-state index contributed by atoms with van der Waals surface area (Å²) in [6.07, 6.45) is 0. The maximum absolute atomic E-state index is 13.6. The monoisotopic (exact) mass is 252 g/mol. The van der Waals surface area contributed by atoms with E-state index in [2.05, 4.69) is 4.37 Å². The van der Waals surface area contributed by atoms with Gasteiger partial charge in [0.05, 0.1) is 12.3 Å². The summed E-state index contributed by atoms with van der Waals surface area (Å²) in [5, 5.41) is 0. The van der Waals surface area contributed by atoms with Crippen molar-refractivity contribution in [2.24, 2.45) is 5.73 Å². The molecule has 90 valence electrons. The zero-order valence-corrected chi connectivity index (χ0v) is 10.3. The van der Waals surface area contributed by atoms with Crippen LogP contribution in [0, 0.1) is 5.82 Å². The van der Waals surface area contributed by atoms with E-state index >= 15 is 0 Å². The highest BCUT2D eigenvalue weighted by Gasteiger charge is 2.08. The first-order valence-corrected chi connectivity index (χ1v) is 6.10. The number of aromatic nitrogens is 1. The van der Waals surface area contributed by atoms with Crippen LogP contribution >= 0.6 is 11.5 Å². The summed E-state index contributed by atoms with van der Waals surface area (Å²) in [5.41, 5.74) is 7.00. The predicted molar refractivity (Wildman–Crippen MR) is 66.6 cm³/mol. The second kappa shape index (κ2) is 5.25. The molecule has 17 heavy (non-hydrogen) atoms. The number of nitrogens with zero attached hydrogens (tertiary/aromatic N) is 1. The van der Waals surface area contributed by atoms with Crippen LogP contribution < -0.4 is 10.5 Å². The summed E-state index contributed by atoms with van der Waals surface area (Å²) >= 11 is 1.34. The van der Waals surface area contributed by atoms with Gasteiger partial charge >= 0.3 is 0 Å². The van der Waals surface area contributed by atoms with E-state index in [0.717, 1.165) is 16.1 Å². The topological polar surface area (TPSA) is 48.1 Å². The third kappa shape index (κ3) is 2.62. The molecule has 0 saturated carbocycles. The van der Waals surface area contributed by atoms with Crippen LogP contribution in [0.1, 0.15) is 11.8 Å².